The molecule has 0 aromatic heterocycles. The minimum atomic E-state index is -0.483. The first-order valence-electron chi connectivity index (χ1n) is 11.3. The van der Waals surface area contributed by atoms with E-state index in [0.717, 1.165) is 11.1 Å². The molecule has 184 valence electrons. The van der Waals surface area contributed by atoms with Crippen LogP contribution in [0.3, 0.4) is 0 Å². The number of nitrogens with zero attached hydrogens (tertiary/aromatic N) is 1. The van der Waals surface area contributed by atoms with Crippen molar-refractivity contribution in [2.24, 2.45) is 0 Å². The molecule has 0 aliphatic heterocycles. The largest absolute Gasteiger partial charge is 0.490 e. The molecule has 0 spiro atoms. The molecule has 0 heterocycles. The lowest BCUT2D eigenvalue weighted by molar-refractivity contribution is -0.118. The van der Waals surface area contributed by atoms with Crippen LogP contribution >= 0.6 is 15.9 Å². The highest BCUT2D eigenvalue weighted by atomic mass is 79.9. The Bertz CT molecular complexity index is 1300. The van der Waals surface area contributed by atoms with Crippen molar-refractivity contribution in [3.05, 3.63) is 93.5 Å². The zero-order valence-corrected chi connectivity index (χ0v) is 21.6. The van der Waals surface area contributed by atoms with Gasteiger partial charge >= 0.3 is 0 Å². The summed E-state index contributed by atoms with van der Waals surface area (Å²) in [4.78, 5) is 25.0. The number of carbonyl (C=O) groups is 2. The average Bonchev–Trinajstić information content (AvgIpc) is 2.87. The number of hydrogen-bond donors (Lipinski definition) is 2. The number of nitriles is 1. The van der Waals surface area contributed by atoms with Gasteiger partial charge in [0.1, 0.15) is 11.6 Å². The molecular weight excluding hydrogens is 522 g/mol. The molecule has 0 saturated heterocycles. The Hall–Kier alpha value is -4.09. The van der Waals surface area contributed by atoms with Crippen LogP contribution in [0, 0.1) is 18.3 Å². The lowest BCUT2D eigenvalue weighted by atomic mass is 10.1. The predicted molar refractivity (Wildman–Crippen MR) is 142 cm³/mol. The molecule has 0 aliphatic rings. The Morgan fingerprint density at radius 3 is 2.47 bits per heavy atom. The maximum Gasteiger partial charge on any atom is 0.262 e. The number of nitrogens with one attached hydrogen (secondary N) is 2. The Morgan fingerprint density at radius 2 is 1.78 bits per heavy atom. The van der Waals surface area contributed by atoms with E-state index in [1.807, 2.05) is 74.5 Å². The van der Waals surface area contributed by atoms with Crippen LogP contribution in [0.2, 0.25) is 0 Å². The molecule has 0 bridgehead atoms. The van der Waals surface area contributed by atoms with E-state index in [0.29, 0.717) is 40.4 Å². The third-order valence-corrected chi connectivity index (χ3v) is 5.66. The van der Waals surface area contributed by atoms with Gasteiger partial charge in [0, 0.05) is 12.2 Å². The summed E-state index contributed by atoms with van der Waals surface area (Å²) in [6, 6.07) is 22.2. The number of hydrogen-bond acceptors (Lipinski definition) is 5. The van der Waals surface area contributed by atoms with Gasteiger partial charge < -0.3 is 20.1 Å². The Balaban J connectivity index is 1.73. The van der Waals surface area contributed by atoms with Crippen molar-refractivity contribution in [1.82, 2.24) is 5.32 Å². The SMILES string of the molecule is CCOc1cc(/C=C(\C#N)C(=O)NCc2ccccc2)cc(Br)c1OCC(=O)Nc1ccccc1C. The summed E-state index contributed by atoms with van der Waals surface area (Å²) in [7, 11) is 0. The van der Waals surface area contributed by atoms with Gasteiger partial charge in [-0.1, -0.05) is 48.5 Å². The van der Waals surface area contributed by atoms with Crippen molar-refractivity contribution in [2.75, 3.05) is 18.5 Å². The molecule has 0 unspecified atom stereocenters. The molecule has 3 aromatic rings. The second-order valence-corrected chi connectivity index (χ2v) is 8.61. The molecule has 0 fully saturated rings. The number of ether oxygens (including phenoxy) is 2. The summed E-state index contributed by atoms with van der Waals surface area (Å²) in [6.45, 7) is 4.16. The van der Waals surface area contributed by atoms with Gasteiger partial charge in [-0.25, -0.2) is 0 Å². The van der Waals surface area contributed by atoms with Gasteiger partial charge in [-0.05, 0) is 70.7 Å². The summed E-state index contributed by atoms with van der Waals surface area (Å²) >= 11 is 3.46. The molecule has 3 rings (SSSR count). The van der Waals surface area contributed by atoms with Crippen LogP contribution in [0.5, 0.6) is 11.5 Å². The number of anilines is 1. The first kappa shape index (κ1) is 26.5. The lowest BCUT2D eigenvalue weighted by Crippen LogP contribution is -2.23. The number of amides is 2. The molecule has 36 heavy (non-hydrogen) atoms. The second-order valence-electron chi connectivity index (χ2n) is 7.75. The van der Waals surface area contributed by atoms with Gasteiger partial charge in [0.15, 0.2) is 18.1 Å². The Kier molecular flexibility index (Phi) is 9.66. The molecule has 2 amide bonds. The number of halogens is 1. The highest BCUT2D eigenvalue weighted by Crippen LogP contribution is 2.37. The molecule has 0 saturated carbocycles. The molecule has 0 radical (unpaired) electrons. The van der Waals surface area contributed by atoms with Crippen molar-refractivity contribution in [2.45, 2.75) is 20.4 Å². The number of para-hydroxylation sites is 1. The van der Waals surface area contributed by atoms with Crippen molar-refractivity contribution in [3.8, 4) is 17.6 Å². The van der Waals surface area contributed by atoms with Crippen LogP contribution in [-0.2, 0) is 16.1 Å². The molecule has 0 aliphatic carbocycles. The van der Waals surface area contributed by atoms with E-state index in [1.165, 1.54) is 6.08 Å². The third-order valence-electron chi connectivity index (χ3n) is 5.07. The van der Waals surface area contributed by atoms with Gasteiger partial charge in [0.2, 0.25) is 0 Å². The average molecular weight is 548 g/mol. The monoisotopic (exact) mass is 547 g/mol. The first-order valence-corrected chi connectivity index (χ1v) is 12.1. The summed E-state index contributed by atoms with van der Waals surface area (Å²) in [5.41, 5.74) is 3.10. The Labute approximate surface area is 218 Å². The van der Waals surface area contributed by atoms with Crippen LogP contribution in [0.1, 0.15) is 23.6 Å². The van der Waals surface area contributed by atoms with Crippen molar-refractivity contribution >= 4 is 39.5 Å². The molecule has 7 nitrogen and oxygen atoms in total. The molecule has 3 aromatic carbocycles. The van der Waals surface area contributed by atoms with Gasteiger partial charge in [-0.3, -0.25) is 9.59 Å². The maximum absolute atomic E-state index is 12.6. The number of rotatable bonds is 10. The second kappa shape index (κ2) is 13.1. The van der Waals surface area contributed by atoms with Crippen molar-refractivity contribution in [1.29, 1.82) is 5.26 Å². The Morgan fingerprint density at radius 1 is 1.06 bits per heavy atom. The highest BCUT2D eigenvalue weighted by molar-refractivity contribution is 9.10. The number of carbonyl (C=O) groups excluding carboxylic acids is 2. The predicted octanol–water partition coefficient (Wildman–Crippen LogP) is 5.40. The van der Waals surface area contributed by atoms with Gasteiger partial charge in [-0.15, -0.1) is 0 Å². The fourth-order valence-electron chi connectivity index (χ4n) is 3.30. The van der Waals surface area contributed by atoms with E-state index >= 15 is 0 Å². The van der Waals surface area contributed by atoms with Gasteiger partial charge in [0.25, 0.3) is 11.8 Å². The van der Waals surface area contributed by atoms with Crippen LogP contribution < -0.4 is 20.1 Å². The number of aryl methyl sites for hydroxylation is 1. The van der Waals surface area contributed by atoms with Crippen molar-refractivity contribution < 1.29 is 19.1 Å². The lowest BCUT2D eigenvalue weighted by Gasteiger charge is -2.15. The highest BCUT2D eigenvalue weighted by Gasteiger charge is 2.16. The van der Waals surface area contributed by atoms with E-state index in [1.54, 1.807) is 12.1 Å². The van der Waals surface area contributed by atoms with Crippen LogP contribution in [0.25, 0.3) is 6.08 Å². The van der Waals surface area contributed by atoms with Crippen LogP contribution in [0.15, 0.2) is 76.8 Å². The van der Waals surface area contributed by atoms with Gasteiger partial charge in [-0.2, -0.15) is 5.26 Å². The smallest absolute Gasteiger partial charge is 0.262 e. The summed E-state index contributed by atoms with van der Waals surface area (Å²) in [6.07, 6.45) is 1.47. The fourth-order valence-corrected chi connectivity index (χ4v) is 3.87. The van der Waals surface area contributed by atoms with Crippen LogP contribution in [0.4, 0.5) is 5.69 Å². The molecule has 8 heteroatoms. The van der Waals surface area contributed by atoms with E-state index < -0.39 is 5.91 Å². The van der Waals surface area contributed by atoms with E-state index in [9.17, 15) is 14.9 Å². The van der Waals surface area contributed by atoms with Gasteiger partial charge in [0.05, 0.1) is 11.1 Å². The first-order chi connectivity index (χ1) is 17.4. The maximum atomic E-state index is 12.6. The molecule has 0 atom stereocenters. The fraction of sp³-hybridized carbons (Fsp3) is 0.179. The molecule has 2 N–H and O–H groups in total. The normalized spacial score (nSPS) is 10.8. The topological polar surface area (TPSA) is 100 Å². The molecular formula is C28H26BrN3O4. The zero-order chi connectivity index (χ0) is 25.9. The van der Waals surface area contributed by atoms with E-state index in [2.05, 4.69) is 26.6 Å². The van der Waals surface area contributed by atoms with E-state index in [4.69, 9.17) is 9.47 Å². The number of benzene rings is 3. The minimum Gasteiger partial charge on any atom is -0.490 e. The quantitative estimate of drug-likeness (QED) is 0.261. The minimum absolute atomic E-state index is 0.0495. The van der Waals surface area contributed by atoms with Crippen LogP contribution in [-0.4, -0.2) is 25.0 Å². The summed E-state index contributed by atoms with van der Waals surface area (Å²) < 4.78 is 12.0. The summed E-state index contributed by atoms with van der Waals surface area (Å²) in [5, 5.41) is 15.1. The summed E-state index contributed by atoms with van der Waals surface area (Å²) in [5.74, 6) is -0.0714. The van der Waals surface area contributed by atoms with Crippen molar-refractivity contribution in [3.63, 3.8) is 0 Å². The standard InChI is InChI=1S/C28H26BrN3O4/c1-3-35-25-15-21(13-22(16-30)28(34)31-17-20-10-5-4-6-11-20)14-23(29)27(25)36-18-26(33)32-24-12-8-7-9-19(24)2/h4-15H,3,17-18H2,1-2H3,(H,31,34)(H,32,33)/b22-13+. The third kappa shape index (κ3) is 7.45. The van der Waals surface area contributed by atoms with E-state index in [-0.39, 0.29) is 18.1 Å². The zero-order valence-electron chi connectivity index (χ0n) is 20.0.